The molecule has 1 unspecified atom stereocenters. The summed E-state index contributed by atoms with van der Waals surface area (Å²) in [5, 5.41) is 11.8. The number of carbonyl (C=O) groups excluding carboxylic acids is 3. The molecule has 0 radical (unpaired) electrons. The molecule has 0 saturated carbocycles. The fraction of sp³-hybridized carbons (Fsp3) is 0.455. The highest BCUT2D eigenvalue weighted by Gasteiger charge is 2.24. The largest absolute Gasteiger partial charge is 0.444 e. The molecule has 0 aliphatic carbocycles. The number of ether oxygens (including phenoxy) is 1. The highest BCUT2D eigenvalue weighted by atomic mass is 35.5. The van der Waals surface area contributed by atoms with Gasteiger partial charge in [-0.2, -0.15) is 0 Å². The first-order chi connectivity index (χ1) is 21.9. The van der Waals surface area contributed by atoms with Gasteiger partial charge in [-0.1, -0.05) is 66.5 Å². The third-order valence-corrected chi connectivity index (χ3v) is 9.92. The molecule has 4 rings (SSSR count). The second-order valence-electron chi connectivity index (χ2n) is 12.2. The van der Waals surface area contributed by atoms with Crippen molar-refractivity contribution in [3.8, 4) is 11.3 Å². The van der Waals surface area contributed by atoms with Crippen LogP contribution in [0, 0.1) is 0 Å². The number of amides is 3. The second kappa shape index (κ2) is 16.8. The summed E-state index contributed by atoms with van der Waals surface area (Å²) in [6, 6.07) is 12.6. The van der Waals surface area contributed by atoms with Crippen LogP contribution in [0.2, 0.25) is 10.0 Å². The van der Waals surface area contributed by atoms with Gasteiger partial charge in [0.2, 0.25) is 11.8 Å². The van der Waals surface area contributed by atoms with E-state index in [0.717, 1.165) is 53.6 Å². The number of nitrogens with one attached hydrogen (secondary N) is 3. The molecular weight excluding hydrogens is 665 g/mol. The SMILES string of the molecule is CCCC(NC(=O)OC(C)(C)C)C(=O)Nc1cccc(-c2csc(SCC(=O)NC3CCN(Cc4ccc(Cl)c(Cl)c4)CC3)n2)c1. The predicted molar refractivity (Wildman–Crippen MR) is 188 cm³/mol. The third-order valence-electron chi connectivity index (χ3n) is 7.16. The van der Waals surface area contributed by atoms with Crippen LogP contribution >= 0.6 is 46.3 Å². The van der Waals surface area contributed by atoms with E-state index >= 15 is 0 Å². The van der Waals surface area contributed by atoms with Crippen molar-refractivity contribution >= 4 is 69.9 Å². The van der Waals surface area contributed by atoms with Gasteiger partial charge < -0.3 is 20.7 Å². The molecule has 0 spiro atoms. The van der Waals surface area contributed by atoms with Gasteiger partial charge in [-0.3, -0.25) is 14.5 Å². The number of piperidine rings is 1. The van der Waals surface area contributed by atoms with Crippen molar-refractivity contribution in [3.63, 3.8) is 0 Å². The van der Waals surface area contributed by atoms with Gasteiger partial charge in [0.1, 0.15) is 11.6 Å². The molecule has 2 aromatic carbocycles. The second-order valence-corrected chi connectivity index (χ2v) is 15.1. The molecule has 0 bridgehead atoms. The zero-order valence-corrected chi connectivity index (χ0v) is 29.7. The lowest BCUT2D eigenvalue weighted by Gasteiger charge is -2.32. The zero-order chi connectivity index (χ0) is 33.3. The lowest BCUT2D eigenvalue weighted by molar-refractivity contribution is -0.119. The number of nitrogens with zero attached hydrogens (tertiary/aromatic N) is 2. The van der Waals surface area contributed by atoms with E-state index in [0.29, 0.717) is 28.6 Å². The molecule has 1 aliphatic rings. The number of halogens is 2. The van der Waals surface area contributed by atoms with Crippen LogP contribution in [0.4, 0.5) is 10.5 Å². The van der Waals surface area contributed by atoms with Crippen LogP contribution in [-0.4, -0.2) is 64.3 Å². The molecule has 3 amide bonds. The Morgan fingerprint density at radius 2 is 1.87 bits per heavy atom. The Morgan fingerprint density at radius 1 is 1.11 bits per heavy atom. The summed E-state index contributed by atoms with van der Waals surface area (Å²) in [6.45, 7) is 9.87. The Kier molecular flexibility index (Phi) is 13.2. The summed E-state index contributed by atoms with van der Waals surface area (Å²) in [7, 11) is 0. The molecule has 1 fully saturated rings. The summed E-state index contributed by atoms with van der Waals surface area (Å²) in [6.07, 6.45) is 2.35. The fourth-order valence-corrected chi connectivity index (χ4v) is 6.94. The highest BCUT2D eigenvalue weighted by molar-refractivity contribution is 8.01. The molecule has 248 valence electrons. The van der Waals surface area contributed by atoms with Crippen molar-refractivity contribution in [1.29, 1.82) is 0 Å². The van der Waals surface area contributed by atoms with Gasteiger partial charge in [-0.25, -0.2) is 9.78 Å². The summed E-state index contributed by atoms with van der Waals surface area (Å²) in [4.78, 5) is 45.1. The molecule has 1 aliphatic heterocycles. The van der Waals surface area contributed by atoms with Crippen molar-refractivity contribution < 1.29 is 19.1 Å². The number of thioether (sulfide) groups is 1. The topological polar surface area (TPSA) is 113 Å². The summed E-state index contributed by atoms with van der Waals surface area (Å²) < 4.78 is 6.11. The molecule has 13 heteroatoms. The van der Waals surface area contributed by atoms with E-state index in [1.807, 2.05) is 48.7 Å². The normalized spacial score (nSPS) is 14.8. The summed E-state index contributed by atoms with van der Waals surface area (Å²) in [5.41, 5.74) is 2.66. The van der Waals surface area contributed by atoms with E-state index in [2.05, 4.69) is 20.9 Å². The maximum atomic E-state index is 13.0. The number of likely N-dealkylation sites (tertiary alicyclic amines) is 1. The van der Waals surface area contributed by atoms with Crippen LogP contribution in [0.1, 0.15) is 58.9 Å². The van der Waals surface area contributed by atoms with Gasteiger partial charge in [0, 0.05) is 42.3 Å². The van der Waals surface area contributed by atoms with E-state index < -0.39 is 17.7 Å². The Balaban J connectivity index is 1.23. The fourth-order valence-electron chi connectivity index (χ4n) is 4.98. The van der Waals surface area contributed by atoms with Crippen molar-refractivity contribution in [2.75, 3.05) is 24.2 Å². The van der Waals surface area contributed by atoms with Gasteiger partial charge in [-0.05, 0) is 69.9 Å². The molecule has 1 aromatic heterocycles. The van der Waals surface area contributed by atoms with Gasteiger partial charge >= 0.3 is 6.09 Å². The first-order valence-electron chi connectivity index (χ1n) is 15.3. The quantitative estimate of drug-likeness (QED) is 0.166. The lowest BCUT2D eigenvalue weighted by Crippen LogP contribution is -2.45. The van der Waals surface area contributed by atoms with Crippen molar-refractivity contribution in [2.24, 2.45) is 0 Å². The smallest absolute Gasteiger partial charge is 0.408 e. The molecule has 1 saturated heterocycles. The van der Waals surface area contributed by atoms with E-state index in [1.54, 1.807) is 26.8 Å². The first-order valence-corrected chi connectivity index (χ1v) is 18.0. The minimum absolute atomic E-state index is 0.00369. The molecule has 2 heterocycles. The Bertz CT molecular complexity index is 1510. The number of aromatic nitrogens is 1. The van der Waals surface area contributed by atoms with Crippen molar-refractivity contribution in [1.82, 2.24) is 20.5 Å². The molecule has 46 heavy (non-hydrogen) atoms. The maximum absolute atomic E-state index is 13.0. The maximum Gasteiger partial charge on any atom is 0.408 e. The van der Waals surface area contributed by atoms with Gasteiger partial charge in [0.25, 0.3) is 0 Å². The first kappa shape index (κ1) is 36.0. The average molecular weight is 707 g/mol. The number of alkyl carbamates (subject to hydrolysis) is 1. The van der Waals surface area contributed by atoms with Gasteiger partial charge in [0.05, 0.1) is 21.5 Å². The number of hydrogen-bond acceptors (Lipinski definition) is 8. The Hall–Kier alpha value is -2.83. The van der Waals surface area contributed by atoms with Crippen LogP contribution in [-0.2, 0) is 20.9 Å². The van der Waals surface area contributed by atoms with Gasteiger partial charge in [-0.15, -0.1) is 11.3 Å². The van der Waals surface area contributed by atoms with Crippen LogP contribution in [0.15, 0.2) is 52.2 Å². The van der Waals surface area contributed by atoms with E-state index in [4.69, 9.17) is 32.9 Å². The number of carbonyl (C=O) groups is 3. The van der Waals surface area contributed by atoms with E-state index in [-0.39, 0.29) is 23.6 Å². The number of rotatable bonds is 12. The van der Waals surface area contributed by atoms with Crippen LogP contribution < -0.4 is 16.0 Å². The third kappa shape index (κ3) is 11.5. The molecular formula is C33H41Cl2N5O4S2. The van der Waals surface area contributed by atoms with Crippen LogP contribution in [0.3, 0.4) is 0 Å². The number of thiazole rings is 1. The standard InChI is InChI=1S/C33H41Cl2N5O4S2/c1-5-7-27(38-31(43)44-33(2,3)4)30(42)37-24-9-6-8-22(17-24)28-19-45-32(39-28)46-20-29(41)36-23-12-14-40(15-13-23)18-21-10-11-25(34)26(35)16-21/h6,8-11,16-17,19,23,27H,5,7,12-15,18,20H2,1-4H3,(H,36,41)(H,37,42)(H,38,43). The molecule has 9 nitrogen and oxygen atoms in total. The summed E-state index contributed by atoms with van der Waals surface area (Å²) >= 11 is 15.1. The predicted octanol–water partition coefficient (Wildman–Crippen LogP) is 7.62. The van der Waals surface area contributed by atoms with E-state index in [9.17, 15) is 14.4 Å². The highest BCUT2D eigenvalue weighted by Crippen LogP contribution is 2.30. The average Bonchev–Trinajstić information content (AvgIpc) is 3.47. The van der Waals surface area contributed by atoms with Crippen molar-refractivity contribution in [2.45, 2.75) is 81.9 Å². The Morgan fingerprint density at radius 3 is 2.57 bits per heavy atom. The van der Waals surface area contributed by atoms with Crippen molar-refractivity contribution in [3.05, 3.63) is 63.5 Å². The molecule has 3 N–H and O–H groups in total. The van der Waals surface area contributed by atoms with Crippen LogP contribution in [0.25, 0.3) is 11.3 Å². The summed E-state index contributed by atoms with van der Waals surface area (Å²) in [5.74, 6) is -0.0331. The number of benzene rings is 2. The monoisotopic (exact) mass is 705 g/mol. The molecule has 3 aromatic rings. The van der Waals surface area contributed by atoms with E-state index in [1.165, 1.54) is 23.1 Å². The molecule has 1 atom stereocenters. The van der Waals surface area contributed by atoms with Gasteiger partial charge in [0.15, 0.2) is 4.34 Å². The minimum Gasteiger partial charge on any atom is -0.444 e. The lowest BCUT2D eigenvalue weighted by atomic mass is 10.0. The minimum atomic E-state index is -0.724. The zero-order valence-electron chi connectivity index (χ0n) is 26.5. The Labute approximate surface area is 289 Å². The number of anilines is 1. The number of hydrogen-bond donors (Lipinski definition) is 3. The van der Waals surface area contributed by atoms with Crippen LogP contribution in [0.5, 0.6) is 0 Å².